The lowest BCUT2D eigenvalue weighted by molar-refractivity contribution is -0.133. The van der Waals surface area contributed by atoms with Gasteiger partial charge in [-0.2, -0.15) is 0 Å². The molecule has 0 atom stereocenters. The summed E-state index contributed by atoms with van der Waals surface area (Å²) < 4.78 is 0.858. The molecule has 7 heteroatoms. The van der Waals surface area contributed by atoms with Gasteiger partial charge in [0.2, 0.25) is 0 Å². The summed E-state index contributed by atoms with van der Waals surface area (Å²) in [6, 6.07) is 0. The highest BCUT2D eigenvalue weighted by atomic mass is 35.5. The molecule has 0 aromatic carbocycles. The summed E-state index contributed by atoms with van der Waals surface area (Å²) in [6.45, 7) is 1.90. The molecule has 0 saturated carbocycles. The molecule has 0 unspecified atom stereocenters. The first-order valence-corrected chi connectivity index (χ1v) is 6.51. The van der Waals surface area contributed by atoms with Crippen LogP contribution in [0, 0.1) is 6.92 Å². The fourth-order valence-electron chi connectivity index (χ4n) is 1.20. The molecule has 2 heterocycles. The van der Waals surface area contributed by atoms with Gasteiger partial charge in [-0.3, -0.25) is 4.79 Å². The predicted molar refractivity (Wildman–Crippen MR) is 65.5 cm³/mol. The van der Waals surface area contributed by atoms with Gasteiger partial charge in [-0.15, -0.1) is 11.3 Å². The Hall–Kier alpha value is -0.850. The van der Waals surface area contributed by atoms with E-state index in [0.29, 0.717) is 15.6 Å². The molecular weight excluding hydrogens is 268 g/mol. The molecule has 0 saturated heterocycles. The van der Waals surface area contributed by atoms with Crippen molar-refractivity contribution in [2.75, 3.05) is 5.75 Å². The standard InChI is InChI=1S/C9H7ClN2O2S2/c1-4-6(10)7-8(16-4)9(12-3-11-7)15-2-5(13)14/h3H,2H2,1H3,(H,13,14). The zero-order valence-corrected chi connectivity index (χ0v) is 10.6. The van der Waals surface area contributed by atoms with Crippen molar-refractivity contribution in [3.63, 3.8) is 0 Å². The average Bonchev–Trinajstić information content (AvgIpc) is 2.53. The van der Waals surface area contributed by atoms with Crippen molar-refractivity contribution in [3.05, 3.63) is 16.2 Å². The summed E-state index contributed by atoms with van der Waals surface area (Å²) in [5.41, 5.74) is 0.701. The summed E-state index contributed by atoms with van der Waals surface area (Å²) in [7, 11) is 0. The van der Waals surface area contributed by atoms with Crippen LogP contribution >= 0.6 is 34.7 Å². The Morgan fingerprint density at radius 2 is 2.38 bits per heavy atom. The van der Waals surface area contributed by atoms with E-state index in [9.17, 15) is 4.79 Å². The van der Waals surface area contributed by atoms with Crippen LogP contribution < -0.4 is 0 Å². The maximum atomic E-state index is 10.5. The van der Waals surface area contributed by atoms with Crippen molar-refractivity contribution in [2.24, 2.45) is 0 Å². The summed E-state index contributed by atoms with van der Waals surface area (Å²) in [5.74, 6) is -0.878. The number of carboxylic acid groups (broad SMARTS) is 1. The second-order valence-corrected chi connectivity index (χ2v) is 5.58. The van der Waals surface area contributed by atoms with Crippen molar-refractivity contribution in [1.29, 1.82) is 0 Å². The number of carbonyl (C=O) groups is 1. The quantitative estimate of drug-likeness (QED) is 0.689. The van der Waals surface area contributed by atoms with E-state index in [4.69, 9.17) is 16.7 Å². The molecule has 2 aromatic heterocycles. The molecule has 16 heavy (non-hydrogen) atoms. The first-order valence-electron chi connectivity index (χ1n) is 4.33. The number of rotatable bonds is 3. The van der Waals surface area contributed by atoms with Crippen molar-refractivity contribution in [3.8, 4) is 0 Å². The Labute approximate surface area is 105 Å². The summed E-state index contributed by atoms with van der Waals surface area (Å²) in [5, 5.41) is 9.92. The lowest BCUT2D eigenvalue weighted by atomic mass is 10.4. The minimum absolute atomic E-state index is 0.0132. The Morgan fingerprint density at radius 3 is 3.06 bits per heavy atom. The Bertz CT molecular complexity index is 556. The van der Waals surface area contributed by atoms with Crippen molar-refractivity contribution in [2.45, 2.75) is 11.9 Å². The van der Waals surface area contributed by atoms with Gasteiger partial charge in [0.1, 0.15) is 16.9 Å². The average molecular weight is 275 g/mol. The van der Waals surface area contributed by atoms with Crippen LogP contribution in [0.4, 0.5) is 0 Å². The number of carboxylic acids is 1. The van der Waals surface area contributed by atoms with E-state index >= 15 is 0 Å². The lowest BCUT2D eigenvalue weighted by Crippen LogP contribution is -1.98. The third kappa shape index (κ3) is 2.14. The lowest BCUT2D eigenvalue weighted by Gasteiger charge is -1.98. The van der Waals surface area contributed by atoms with Gasteiger partial charge in [-0.1, -0.05) is 23.4 Å². The van der Waals surface area contributed by atoms with E-state index in [1.54, 1.807) is 0 Å². The van der Waals surface area contributed by atoms with Crippen molar-refractivity contribution in [1.82, 2.24) is 9.97 Å². The molecule has 0 aliphatic carbocycles. The van der Waals surface area contributed by atoms with Gasteiger partial charge >= 0.3 is 5.97 Å². The number of thioether (sulfide) groups is 1. The number of aromatic nitrogens is 2. The Kier molecular flexibility index (Phi) is 3.32. The molecule has 0 aliphatic heterocycles. The smallest absolute Gasteiger partial charge is 0.313 e. The minimum Gasteiger partial charge on any atom is -0.481 e. The Morgan fingerprint density at radius 1 is 1.62 bits per heavy atom. The number of aliphatic carboxylic acids is 1. The van der Waals surface area contributed by atoms with E-state index in [1.165, 1.54) is 29.4 Å². The van der Waals surface area contributed by atoms with Crippen LogP contribution in [-0.2, 0) is 4.79 Å². The molecule has 0 spiro atoms. The van der Waals surface area contributed by atoms with Gasteiger partial charge in [0.25, 0.3) is 0 Å². The van der Waals surface area contributed by atoms with Crippen LogP contribution in [0.5, 0.6) is 0 Å². The number of halogens is 1. The van der Waals surface area contributed by atoms with Gasteiger partial charge < -0.3 is 5.11 Å². The predicted octanol–water partition coefficient (Wildman–Crippen LogP) is 2.83. The molecular formula is C9H7ClN2O2S2. The number of hydrogen-bond acceptors (Lipinski definition) is 5. The fourth-order valence-corrected chi connectivity index (χ4v) is 3.31. The highest BCUT2D eigenvalue weighted by molar-refractivity contribution is 8.00. The SMILES string of the molecule is Cc1sc2c(SCC(=O)O)ncnc2c1Cl. The summed E-state index contributed by atoms with van der Waals surface area (Å²) in [4.78, 5) is 19.6. The number of fused-ring (bicyclic) bond motifs is 1. The molecule has 0 fully saturated rings. The molecule has 2 aromatic rings. The third-order valence-corrected chi connectivity index (χ3v) is 4.65. The van der Waals surface area contributed by atoms with Gasteiger partial charge in [-0.05, 0) is 6.92 Å². The topological polar surface area (TPSA) is 63.1 Å². The second kappa shape index (κ2) is 4.57. The van der Waals surface area contributed by atoms with Crippen LogP contribution in [0.3, 0.4) is 0 Å². The van der Waals surface area contributed by atoms with E-state index in [0.717, 1.165) is 9.58 Å². The van der Waals surface area contributed by atoms with Crippen molar-refractivity contribution < 1.29 is 9.90 Å². The maximum absolute atomic E-state index is 10.5. The minimum atomic E-state index is -0.865. The molecule has 84 valence electrons. The van der Waals surface area contributed by atoms with Crippen molar-refractivity contribution >= 4 is 50.9 Å². The van der Waals surface area contributed by atoms with Gasteiger partial charge in [0.15, 0.2) is 0 Å². The van der Waals surface area contributed by atoms with E-state index < -0.39 is 5.97 Å². The molecule has 0 bridgehead atoms. The number of aryl methyl sites for hydroxylation is 1. The van der Waals surface area contributed by atoms with Gasteiger partial charge in [0.05, 0.1) is 15.5 Å². The zero-order chi connectivity index (χ0) is 11.7. The molecule has 0 aliphatic rings. The number of nitrogens with zero attached hydrogens (tertiary/aromatic N) is 2. The first kappa shape index (κ1) is 11.6. The number of thiophene rings is 1. The summed E-state index contributed by atoms with van der Waals surface area (Å²) in [6.07, 6.45) is 1.41. The monoisotopic (exact) mass is 274 g/mol. The van der Waals surface area contributed by atoms with Gasteiger partial charge in [-0.25, -0.2) is 9.97 Å². The fraction of sp³-hybridized carbons (Fsp3) is 0.222. The summed E-state index contributed by atoms with van der Waals surface area (Å²) >= 11 is 8.74. The molecule has 4 nitrogen and oxygen atoms in total. The van der Waals surface area contributed by atoms with E-state index in [1.807, 2.05) is 6.92 Å². The van der Waals surface area contributed by atoms with Gasteiger partial charge in [0, 0.05) is 4.88 Å². The highest BCUT2D eigenvalue weighted by Crippen LogP contribution is 2.37. The van der Waals surface area contributed by atoms with E-state index in [-0.39, 0.29) is 5.75 Å². The van der Waals surface area contributed by atoms with Crippen LogP contribution in [0.2, 0.25) is 5.02 Å². The first-order chi connectivity index (χ1) is 7.59. The Balaban J connectivity index is 2.45. The maximum Gasteiger partial charge on any atom is 0.313 e. The van der Waals surface area contributed by atoms with Crippen LogP contribution in [0.1, 0.15) is 4.88 Å². The largest absolute Gasteiger partial charge is 0.481 e. The normalized spacial score (nSPS) is 10.9. The zero-order valence-electron chi connectivity index (χ0n) is 8.23. The molecule has 2 rings (SSSR count). The molecule has 0 amide bonds. The highest BCUT2D eigenvalue weighted by Gasteiger charge is 2.13. The van der Waals surface area contributed by atoms with Crippen LogP contribution in [-0.4, -0.2) is 26.8 Å². The second-order valence-electron chi connectivity index (χ2n) is 3.01. The van der Waals surface area contributed by atoms with Crippen LogP contribution in [0.15, 0.2) is 11.4 Å². The third-order valence-electron chi connectivity index (χ3n) is 1.88. The van der Waals surface area contributed by atoms with E-state index in [2.05, 4.69) is 9.97 Å². The molecule has 0 radical (unpaired) electrons. The van der Waals surface area contributed by atoms with Crippen LogP contribution in [0.25, 0.3) is 10.2 Å². The number of hydrogen-bond donors (Lipinski definition) is 1. The molecule has 1 N–H and O–H groups in total.